The first-order valence-corrected chi connectivity index (χ1v) is 8.34. The van der Waals surface area contributed by atoms with Crippen LogP contribution in [-0.4, -0.2) is 40.4 Å². The number of carbonyl (C=O) groups is 1. The summed E-state index contributed by atoms with van der Waals surface area (Å²) in [5.41, 5.74) is 8.44. The topological polar surface area (TPSA) is 75.0 Å². The van der Waals surface area contributed by atoms with E-state index in [4.69, 9.17) is 5.73 Å². The number of hydrogen-bond donors (Lipinski definition) is 2. The average Bonchev–Trinajstić information content (AvgIpc) is 3.27. The van der Waals surface area contributed by atoms with E-state index in [1.54, 1.807) is 4.90 Å². The smallest absolute Gasteiger partial charge is 0.256 e. The zero-order valence-electron chi connectivity index (χ0n) is 13.7. The number of carbonyl (C=O) groups excluding carboxylic acids is 1. The van der Waals surface area contributed by atoms with Gasteiger partial charge in [-0.3, -0.25) is 4.79 Å². The summed E-state index contributed by atoms with van der Waals surface area (Å²) in [5, 5.41) is 0. The fraction of sp³-hybridized carbons (Fsp3) is 0.263. The molecule has 2 atom stereocenters. The molecule has 2 aromatic carbocycles. The molecule has 4 rings (SSSR count). The molecule has 1 saturated heterocycles. The fourth-order valence-electron chi connectivity index (χ4n) is 3.70. The quantitative estimate of drug-likeness (QED) is 0.770. The van der Waals surface area contributed by atoms with E-state index in [1.807, 2.05) is 18.2 Å². The maximum atomic E-state index is 13.9. The number of imidazole rings is 1. The lowest BCUT2D eigenvalue weighted by Gasteiger charge is -2.17. The Morgan fingerprint density at radius 2 is 2.08 bits per heavy atom. The number of likely N-dealkylation sites (tertiary alicyclic amines) is 1. The molecule has 3 aromatic rings. The largest absolute Gasteiger partial charge is 0.344 e. The number of H-pyrrole nitrogens is 1. The summed E-state index contributed by atoms with van der Waals surface area (Å²) in [6, 6.07) is 12.7. The highest BCUT2D eigenvalue weighted by Gasteiger charge is 2.36. The van der Waals surface area contributed by atoms with Crippen molar-refractivity contribution in [2.45, 2.75) is 5.92 Å². The number of benzene rings is 2. The highest BCUT2D eigenvalue weighted by Crippen LogP contribution is 2.33. The molecule has 1 aromatic heterocycles. The van der Waals surface area contributed by atoms with Gasteiger partial charge in [-0.2, -0.15) is 0 Å². The average molecular weight is 338 g/mol. The molecular formula is C19H19FN4O. The van der Waals surface area contributed by atoms with Crippen LogP contribution < -0.4 is 5.73 Å². The number of amides is 1. The molecule has 1 fully saturated rings. The Morgan fingerprint density at radius 3 is 2.84 bits per heavy atom. The van der Waals surface area contributed by atoms with Gasteiger partial charge in [-0.1, -0.05) is 30.3 Å². The van der Waals surface area contributed by atoms with E-state index in [2.05, 4.69) is 22.1 Å². The van der Waals surface area contributed by atoms with Crippen molar-refractivity contribution < 1.29 is 9.18 Å². The number of hydrogen-bond acceptors (Lipinski definition) is 3. The van der Waals surface area contributed by atoms with Crippen molar-refractivity contribution in [1.29, 1.82) is 0 Å². The van der Waals surface area contributed by atoms with Gasteiger partial charge in [-0.15, -0.1) is 0 Å². The first-order chi connectivity index (χ1) is 12.2. The van der Waals surface area contributed by atoms with Gasteiger partial charge in [0.2, 0.25) is 0 Å². The first kappa shape index (κ1) is 15.8. The van der Waals surface area contributed by atoms with Crippen LogP contribution in [0.2, 0.25) is 0 Å². The van der Waals surface area contributed by atoms with Crippen LogP contribution in [0.3, 0.4) is 0 Å². The molecule has 1 aliphatic heterocycles. The maximum Gasteiger partial charge on any atom is 0.256 e. The van der Waals surface area contributed by atoms with E-state index in [-0.39, 0.29) is 17.7 Å². The molecule has 2 heterocycles. The summed E-state index contributed by atoms with van der Waals surface area (Å²) in [7, 11) is 0. The molecular weight excluding hydrogens is 319 g/mol. The summed E-state index contributed by atoms with van der Waals surface area (Å²) >= 11 is 0. The second-order valence-electron chi connectivity index (χ2n) is 6.48. The highest BCUT2D eigenvalue weighted by molar-refractivity contribution is 6.05. The van der Waals surface area contributed by atoms with Gasteiger partial charge in [-0.25, -0.2) is 9.37 Å². The van der Waals surface area contributed by atoms with Crippen molar-refractivity contribution in [3.8, 4) is 0 Å². The van der Waals surface area contributed by atoms with E-state index in [1.165, 1.54) is 24.0 Å². The summed E-state index contributed by atoms with van der Waals surface area (Å²) in [6.45, 7) is 1.65. The molecule has 0 spiro atoms. The van der Waals surface area contributed by atoms with Gasteiger partial charge in [0.1, 0.15) is 11.3 Å². The summed E-state index contributed by atoms with van der Waals surface area (Å²) in [5.74, 6) is -0.268. The molecule has 1 amide bonds. The number of nitrogens with one attached hydrogen (secondary N) is 1. The lowest BCUT2D eigenvalue weighted by molar-refractivity contribution is 0.0787. The van der Waals surface area contributed by atoms with Gasteiger partial charge in [0.15, 0.2) is 0 Å². The number of aromatic amines is 1. The minimum atomic E-state index is -0.450. The molecule has 1 aliphatic rings. The molecule has 0 bridgehead atoms. The third kappa shape index (κ3) is 2.78. The van der Waals surface area contributed by atoms with Crippen molar-refractivity contribution in [2.75, 3.05) is 19.6 Å². The van der Waals surface area contributed by atoms with E-state index in [0.29, 0.717) is 36.2 Å². The number of aromatic nitrogens is 2. The summed E-state index contributed by atoms with van der Waals surface area (Å²) in [6.07, 6.45) is 1.47. The van der Waals surface area contributed by atoms with Crippen molar-refractivity contribution in [1.82, 2.24) is 14.9 Å². The monoisotopic (exact) mass is 338 g/mol. The van der Waals surface area contributed by atoms with Crippen LogP contribution in [-0.2, 0) is 0 Å². The van der Waals surface area contributed by atoms with Crippen LogP contribution in [0.4, 0.5) is 4.39 Å². The maximum absolute atomic E-state index is 13.9. The molecule has 5 nitrogen and oxygen atoms in total. The Kier molecular flexibility index (Phi) is 3.97. The normalized spacial score (nSPS) is 20.3. The molecule has 3 N–H and O–H groups in total. The van der Waals surface area contributed by atoms with Crippen molar-refractivity contribution in [2.24, 2.45) is 11.7 Å². The SMILES string of the molecule is NC[C@@H]1CN(C(=O)c2cc(F)cc3[nH]cnc23)C[C@H]1c1ccccc1. The molecule has 0 radical (unpaired) electrons. The molecule has 0 saturated carbocycles. The Labute approximate surface area is 144 Å². The Balaban J connectivity index is 1.66. The van der Waals surface area contributed by atoms with Gasteiger partial charge in [0, 0.05) is 19.0 Å². The van der Waals surface area contributed by atoms with Crippen molar-refractivity contribution in [3.63, 3.8) is 0 Å². The second-order valence-corrected chi connectivity index (χ2v) is 6.48. The van der Waals surface area contributed by atoms with Crippen LogP contribution in [0.1, 0.15) is 21.8 Å². The molecule has 6 heteroatoms. The van der Waals surface area contributed by atoms with Gasteiger partial charge in [0.05, 0.1) is 17.4 Å². The standard InChI is InChI=1S/C19H19FN4O/c20-14-6-15(18-17(7-14)22-11-23-18)19(25)24-9-13(8-21)16(10-24)12-4-2-1-3-5-12/h1-7,11,13,16H,8-10,21H2,(H,22,23)/t13-,16+/m1/s1. The minimum absolute atomic E-state index is 0.189. The van der Waals surface area contributed by atoms with Gasteiger partial charge < -0.3 is 15.6 Å². The van der Waals surface area contributed by atoms with Crippen LogP contribution >= 0.6 is 0 Å². The third-order valence-electron chi connectivity index (χ3n) is 4.98. The lowest BCUT2D eigenvalue weighted by atomic mass is 9.89. The lowest BCUT2D eigenvalue weighted by Crippen LogP contribution is -2.30. The van der Waals surface area contributed by atoms with Crippen LogP contribution in [0, 0.1) is 11.7 Å². The Morgan fingerprint density at radius 1 is 1.28 bits per heavy atom. The van der Waals surface area contributed by atoms with Crippen LogP contribution in [0.15, 0.2) is 48.8 Å². The van der Waals surface area contributed by atoms with Crippen molar-refractivity contribution >= 4 is 16.9 Å². The first-order valence-electron chi connectivity index (χ1n) is 8.34. The predicted octanol–water partition coefficient (Wildman–Crippen LogP) is 2.52. The molecule has 0 unspecified atom stereocenters. The second kappa shape index (κ2) is 6.29. The van der Waals surface area contributed by atoms with E-state index in [0.717, 1.165) is 0 Å². The number of halogens is 1. The Bertz CT molecular complexity index is 908. The van der Waals surface area contributed by atoms with E-state index >= 15 is 0 Å². The Hall–Kier alpha value is -2.73. The van der Waals surface area contributed by atoms with Crippen LogP contribution in [0.25, 0.3) is 11.0 Å². The fourth-order valence-corrected chi connectivity index (χ4v) is 3.70. The number of nitrogens with two attached hydrogens (primary N) is 1. The zero-order valence-corrected chi connectivity index (χ0v) is 13.7. The van der Waals surface area contributed by atoms with Crippen molar-refractivity contribution in [3.05, 3.63) is 65.7 Å². The van der Waals surface area contributed by atoms with Gasteiger partial charge in [-0.05, 0) is 30.2 Å². The molecule has 128 valence electrons. The molecule has 25 heavy (non-hydrogen) atoms. The summed E-state index contributed by atoms with van der Waals surface area (Å²) < 4.78 is 13.9. The minimum Gasteiger partial charge on any atom is -0.344 e. The van der Waals surface area contributed by atoms with Crippen LogP contribution in [0.5, 0.6) is 0 Å². The zero-order chi connectivity index (χ0) is 17.4. The van der Waals surface area contributed by atoms with Gasteiger partial charge in [0.25, 0.3) is 5.91 Å². The number of rotatable bonds is 3. The van der Waals surface area contributed by atoms with E-state index in [9.17, 15) is 9.18 Å². The van der Waals surface area contributed by atoms with E-state index < -0.39 is 5.82 Å². The predicted molar refractivity (Wildman–Crippen MR) is 93.7 cm³/mol. The number of nitrogens with zero attached hydrogens (tertiary/aromatic N) is 2. The number of fused-ring (bicyclic) bond motifs is 1. The highest BCUT2D eigenvalue weighted by atomic mass is 19.1. The summed E-state index contributed by atoms with van der Waals surface area (Å²) in [4.78, 5) is 21.8. The third-order valence-corrected chi connectivity index (χ3v) is 4.98. The van der Waals surface area contributed by atoms with Gasteiger partial charge >= 0.3 is 0 Å². The molecule has 0 aliphatic carbocycles.